The van der Waals surface area contributed by atoms with Crippen LogP contribution in [0.5, 0.6) is 5.75 Å². The largest absolute Gasteiger partial charge is 0.494 e. The number of carbonyl (C=O) groups excluding carboxylic acids is 2. The second-order valence-corrected chi connectivity index (χ2v) is 14.0. The molecule has 1 spiro atoms. The fourth-order valence-electron chi connectivity index (χ4n) is 7.49. The smallest absolute Gasteiger partial charge is 0.410 e. The van der Waals surface area contributed by atoms with Crippen molar-refractivity contribution in [2.24, 2.45) is 5.41 Å². The average Bonchev–Trinajstić information content (AvgIpc) is 3.87. The van der Waals surface area contributed by atoms with Crippen molar-refractivity contribution in [3.63, 3.8) is 0 Å². The Morgan fingerprint density at radius 2 is 1.89 bits per heavy atom. The molecule has 2 aliphatic carbocycles. The summed E-state index contributed by atoms with van der Waals surface area (Å²) in [6, 6.07) is 7.63. The summed E-state index contributed by atoms with van der Waals surface area (Å²) in [5.74, 6) is 1.01. The average molecular weight is 653 g/mol. The fourth-order valence-corrected chi connectivity index (χ4v) is 7.49. The van der Waals surface area contributed by atoms with Crippen LogP contribution in [-0.2, 0) is 20.8 Å². The molecule has 1 aromatic carbocycles. The maximum absolute atomic E-state index is 13.6. The van der Waals surface area contributed by atoms with Gasteiger partial charge in [-0.25, -0.2) is 9.18 Å². The van der Waals surface area contributed by atoms with E-state index in [1.807, 2.05) is 18.7 Å². The molecule has 2 saturated carbocycles. The summed E-state index contributed by atoms with van der Waals surface area (Å²) < 4.78 is 31.1. The standard InChI is InChI=1S/C36H49FN4O6/c1-3-46-32-21-30(31-7-6-27(37)22-39-31)29(25-4-5-25)20-26(32)23-40-15-12-36(13-16-40)24-41(34(44)47-36)28-8-10-35(2,11-9-28)33(43)38-14-18-45-19-17-42/h6-7,20-22,25,28,42H,3-5,8-19,23-24H2,1-2H3,(H,38,43)/t28-,35-. The fraction of sp³-hybridized carbons (Fsp3) is 0.639. The van der Waals surface area contributed by atoms with Crippen LogP contribution in [0.15, 0.2) is 30.5 Å². The van der Waals surface area contributed by atoms with E-state index in [0.29, 0.717) is 45.1 Å². The number of amides is 2. The number of ether oxygens (including phenoxy) is 3. The van der Waals surface area contributed by atoms with Gasteiger partial charge in [0.05, 0.1) is 44.9 Å². The van der Waals surface area contributed by atoms with Crippen LogP contribution >= 0.6 is 0 Å². The molecule has 11 heteroatoms. The number of aliphatic hydroxyl groups excluding tert-OH is 1. The van der Waals surface area contributed by atoms with Crippen LogP contribution in [0.4, 0.5) is 9.18 Å². The monoisotopic (exact) mass is 652 g/mol. The van der Waals surface area contributed by atoms with Crippen molar-refractivity contribution < 1.29 is 33.3 Å². The second-order valence-electron chi connectivity index (χ2n) is 14.0. The predicted octanol–water partition coefficient (Wildman–Crippen LogP) is 5.02. The summed E-state index contributed by atoms with van der Waals surface area (Å²) in [6.07, 6.45) is 7.86. The number of pyridine rings is 1. The van der Waals surface area contributed by atoms with Crippen molar-refractivity contribution in [2.45, 2.75) is 89.3 Å². The minimum absolute atomic E-state index is 0.0231. The summed E-state index contributed by atoms with van der Waals surface area (Å²) >= 11 is 0. The quantitative estimate of drug-likeness (QED) is 0.290. The number of halogens is 1. The van der Waals surface area contributed by atoms with E-state index < -0.39 is 11.0 Å². The molecule has 0 bridgehead atoms. The molecular formula is C36H49FN4O6. The van der Waals surface area contributed by atoms with Crippen molar-refractivity contribution in [1.29, 1.82) is 0 Å². The highest BCUT2D eigenvalue weighted by molar-refractivity contribution is 5.82. The van der Waals surface area contributed by atoms with E-state index in [-0.39, 0.29) is 37.1 Å². The van der Waals surface area contributed by atoms with Crippen LogP contribution in [0.3, 0.4) is 0 Å². The Bertz CT molecular complexity index is 1400. The van der Waals surface area contributed by atoms with E-state index in [2.05, 4.69) is 27.3 Å². The summed E-state index contributed by atoms with van der Waals surface area (Å²) in [5, 5.41) is 11.8. The van der Waals surface area contributed by atoms with Crippen molar-refractivity contribution in [1.82, 2.24) is 20.1 Å². The molecule has 4 aliphatic rings. The summed E-state index contributed by atoms with van der Waals surface area (Å²) in [7, 11) is 0. The Morgan fingerprint density at radius 1 is 1.13 bits per heavy atom. The predicted molar refractivity (Wildman–Crippen MR) is 174 cm³/mol. The van der Waals surface area contributed by atoms with E-state index >= 15 is 0 Å². The zero-order valence-electron chi connectivity index (χ0n) is 27.8. The lowest BCUT2D eigenvalue weighted by atomic mass is 9.73. The molecular weight excluding hydrogens is 603 g/mol. The van der Waals surface area contributed by atoms with Crippen molar-refractivity contribution in [3.05, 3.63) is 47.4 Å². The lowest BCUT2D eigenvalue weighted by Crippen LogP contribution is -2.49. The Labute approximate surface area is 277 Å². The lowest BCUT2D eigenvalue weighted by molar-refractivity contribution is -0.132. The van der Waals surface area contributed by atoms with E-state index in [0.717, 1.165) is 80.7 Å². The third-order valence-electron chi connectivity index (χ3n) is 10.5. The third-order valence-corrected chi connectivity index (χ3v) is 10.5. The molecule has 2 aliphatic heterocycles. The number of hydrogen-bond donors (Lipinski definition) is 2. The zero-order chi connectivity index (χ0) is 33.0. The third kappa shape index (κ3) is 7.73. The summed E-state index contributed by atoms with van der Waals surface area (Å²) in [6.45, 7) is 8.55. The molecule has 2 aromatic rings. The van der Waals surface area contributed by atoms with Crippen molar-refractivity contribution >= 4 is 12.0 Å². The van der Waals surface area contributed by atoms with Crippen LogP contribution < -0.4 is 10.1 Å². The molecule has 0 unspecified atom stereocenters. The van der Waals surface area contributed by atoms with Gasteiger partial charge in [-0.1, -0.05) is 6.92 Å². The van der Waals surface area contributed by atoms with Crippen LogP contribution in [0.25, 0.3) is 11.3 Å². The van der Waals surface area contributed by atoms with Gasteiger partial charge in [-0.3, -0.25) is 14.7 Å². The first kappa shape index (κ1) is 33.6. The molecule has 4 fully saturated rings. The number of carbonyl (C=O) groups is 2. The number of aromatic nitrogens is 1. The Balaban J connectivity index is 1.04. The van der Waals surface area contributed by atoms with Gasteiger partial charge in [0.2, 0.25) is 5.91 Å². The van der Waals surface area contributed by atoms with Gasteiger partial charge in [-0.05, 0) is 81.2 Å². The van der Waals surface area contributed by atoms with Crippen molar-refractivity contribution in [3.8, 4) is 17.0 Å². The van der Waals surface area contributed by atoms with E-state index in [1.165, 1.54) is 17.8 Å². The van der Waals surface area contributed by atoms with Gasteiger partial charge >= 0.3 is 6.09 Å². The van der Waals surface area contributed by atoms with Crippen molar-refractivity contribution in [2.75, 3.05) is 52.6 Å². The van der Waals surface area contributed by atoms with Crippen LogP contribution in [0.1, 0.15) is 82.3 Å². The molecule has 0 radical (unpaired) electrons. The molecule has 2 amide bonds. The highest BCUT2D eigenvalue weighted by Crippen LogP contribution is 2.47. The maximum Gasteiger partial charge on any atom is 0.410 e. The number of hydrogen-bond acceptors (Lipinski definition) is 8. The molecule has 47 heavy (non-hydrogen) atoms. The van der Waals surface area contributed by atoms with Gasteiger partial charge < -0.3 is 29.5 Å². The van der Waals surface area contributed by atoms with Gasteiger partial charge in [0, 0.05) is 61.6 Å². The number of nitrogens with one attached hydrogen (secondary N) is 1. The number of likely N-dealkylation sites (tertiary alicyclic amines) is 1. The highest BCUT2D eigenvalue weighted by Gasteiger charge is 2.50. The molecule has 1 aromatic heterocycles. The maximum atomic E-state index is 13.6. The Hall–Kier alpha value is -3.28. The minimum Gasteiger partial charge on any atom is -0.494 e. The highest BCUT2D eigenvalue weighted by atomic mass is 19.1. The van der Waals surface area contributed by atoms with E-state index in [4.69, 9.17) is 19.3 Å². The normalized spacial score (nSPS) is 24.4. The van der Waals surface area contributed by atoms with E-state index in [9.17, 15) is 14.0 Å². The van der Waals surface area contributed by atoms with E-state index in [1.54, 1.807) is 6.07 Å². The zero-order valence-corrected chi connectivity index (χ0v) is 27.8. The summed E-state index contributed by atoms with van der Waals surface area (Å²) in [5.41, 5.74) is 3.24. The molecule has 3 heterocycles. The number of nitrogens with zero attached hydrogens (tertiary/aromatic N) is 3. The van der Waals surface area contributed by atoms with Gasteiger partial charge in [0.1, 0.15) is 17.2 Å². The molecule has 2 N–H and O–H groups in total. The minimum atomic E-state index is -0.472. The molecule has 0 atom stereocenters. The second kappa shape index (κ2) is 14.5. The van der Waals surface area contributed by atoms with Gasteiger partial charge in [0.15, 0.2) is 0 Å². The van der Waals surface area contributed by atoms with Crippen LogP contribution in [0, 0.1) is 11.2 Å². The molecule has 256 valence electrons. The summed E-state index contributed by atoms with van der Waals surface area (Å²) in [4.78, 5) is 34.8. The van der Waals surface area contributed by atoms with Gasteiger partial charge in [0.25, 0.3) is 0 Å². The van der Waals surface area contributed by atoms with Gasteiger partial charge in [-0.15, -0.1) is 0 Å². The Morgan fingerprint density at radius 3 is 2.55 bits per heavy atom. The number of piperidine rings is 1. The Kier molecular flexibility index (Phi) is 10.3. The first-order valence-corrected chi connectivity index (χ1v) is 17.3. The van der Waals surface area contributed by atoms with Crippen LogP contribution in [0.2, 0.25) is 0 Å². The SMILES string of the molecule is CCOc1cc(-c2ccc(F)cn2)c(C2CC2)cc1CN1CCC2(CC1)CN([C@H]1CC[C@](C)(C(=O)NCCOCCO)CC1)C(=O)O2. The molecule has 2 saturated heterocycles. The lowest BCUT2D eigenvalue weighted by Gasteiger charge is -2.40. The first-order chi connectivity index (χ1) is 22.7. The number of aliphatic hydroxyl groups is 1. The number of rotatable bonds is 13. The topological polar surface area (TPSA) is 113 Å². The number of benzene rings is 1. The molecule has 6 rings (SSSR count). The molecule has 10 nitrogen and oxygen atoms in total. The first-order valence-electron chi connectivity index (χ1n) is 17.3. The van der Waals surface area contributed by atoms with Gasteiger partial charge in [-0.2, -0.15) is 0 Å². The van der Waals surface area contributed by atoms with Crippen LogP contribution in [-0.4, -0.2) is 96.1 Å².